The van der Waals surface area contributed by atoms with Gasteiger partial charge in [-0.1, -0.05) is 6.07 Å². The Kier molecular flexibility index (Phi) is 11.3. The van der Waals surface area contributed by atoms with Crippen LogP contribution < -0.4 is 20.1 Å². The number of carbonyl (C=O) groups excluding carboxylic acids is 1. The number of halogens is 1. The molecule has 1 heterocycles. The Morgan fingerprint density at radius 1 is 1.29 bits per heavy atom. The molecule has 1 unspecified atom stereocenters. The summed E-state index contributed by atoms with van der Waals surface area (Å²) < 4.78 is 11.0. The second-order valence-electron chi connectivity index (χ2n) is 7.24. The molecule has 1 aromatic carbocycles. The van der Waals surface area contributed by atoms with Crippen LogP contribution in [0.1, 0.15) is 44.7 Å². The Balaban J connectivity index is 0.00000392. The first-order chi connectivity index (χ1) is 13.1. The third kappa shape index (κ3) is 7.49. The first kappa shape index (κ1) is 24.5. The SMILES string of the molecule is CCOc1ccc(C(C)NC(=O)CN2CCC(CCNC)CC2)cc1OC.Cl. The summed E-state index contributed by atoms with van der Waals surface area (Å²) >= 11 is 0. The number of piperidine rings is 1. The predicted molar refractivity (Wildman–Crippen MR) is 116 cm³/mol. The largest absolute Gasteiger partial charge is 0.493 e. The molecule has 0 aliphatic carbocycles. The molecule has 2 N–H and O–H groups in total. The van der Waals surface area contributed by atoms with Gasteiger partial charge in [-0.05, 0) is 83.4 Å². The van der Waals surface area contributed by atoms with Crippen molar-refractivity contribution in [3.05, 3.63) is 23.8 Å². The Morgan fingerprint density at radius 2 is 2.00 bits per heavy atom. The van der Waals surface area contributed by atoms with E-state index in [0.29, 0.717) is 18.9 Å². The number of hydrogen-bond donors (Lipinski definition) is 2. The van der Waals surface area contributed by atoms with Crippen LogP contribution in [-0.2, 0) is 4.79 Å². The summed E-state index contributed by atoms with van der Waals surface area (Å²) in [6, 6.07) is 5.74. The lowest BCUT2D eigenvalue weighted by Crippen LogP contribution is -2.42. The zero-order valence-electron chi connectivity index (χ0n) is 17.6. The first-order valence-electron chi connectivity index (χ1n) is 10.0. The molecule has 1 amide bonds. The standard InChI is InChI=1S/C21H35N3O3.ClH/c1-5-27-19-7-6-18(14-20(19)26-4)16(2)23-21(25)15-24-12-9-17(10-13-24)8-11-22-3;/h6-7,14,16-17,22H,5,8-13,15H2,1-4H3,(H,23,25);1H. The number of carbonyl (C=O) groups is 1. The van der Waals surface area contributed by atoms with Gasteiger partial charge in [-0.2, -0.15) is 0 Å². The molecule has 0 saturated carbocycles. The molecular weight excluding hydrogens is 378 g/mol. The van der Waals surface area contributed by atoms with Gasteiger partial charge in [-0.15, -0.1) is 12.4 Å². The van der Waals surface area contributed by atoms with Crippen LogP contribution in [0, 0.1) is 5.92 Å². The molecule has 7 heteroatoms. The van der Waals surface area contributed by atoms with Crippen LogP contribution in [0.3, 0.4) is 0 Å². The van der Waals surface area contributed by atoms with E-state index in [9.17, 15) is 4.79 Å². The average molecular weight is 414 g/mol. The molecule has 28 heavy (non-hydrogen) atoms. The van der Waals surface area contributed by atoms with E-state index in [1.807, 2.05) is 39.1 Å². The maximum absolute atomic E-state index is 12.5. The maximum atomic E-state index is 12.5. The van der Waals surface area contributed by atoms with Gasteiger partial charge < -0.3 is 20.1 Å². The summed E-state index contributed by atoms with van der Waals surface area (Å²) in [6.07, 6.45) is 3.59. The fourth-order valence-electron chi connectivity index (χ4n) is 3.58. The number of likely N-dealkylation sites (tertiary alicyclic amines) is 1. The highest BCUT2D eigenvalue weighted by Crippen LogP contribution is 2.30. The maximum Gasteiger partial charge on any atom is 0.234 e. The van der Waals surface area contributed by atoms with Crippen molar-refractivity contribution in [3.8, 4) is 11.5 Å². The van der Waals surface area contributed by atoms with Crippen molar-refractivity contribution < 1.29 is 14.3 Å². The van der Waals surface area contributed by atoms with Crippen LogP contribution in [0.2, 0.25) is 0 Å². The monoisotopic (exact) mass is 413 g/mol. The second-order valence-corrected chi connectivity index (χ2v) is 7.24. The van der Waals surface area contributed by atoms with Crippen LogP contribution in [0.5, 0.6) is 11.5 Å². The zero-order valence-corrected chi connectivity index (χ0v) is 18.4. The number of amides is 1. The Bertz CT molecular complexity index is 592. The van der Waals surface area contributed by atoms with Gasteiger partial charge in [0.05, 0.1) is 26.3 Å². The summed E-state index contributed by atoms with van der Waals surface area (Å²) in [5, 5.41) is 6.32. The quantitative estimate of drug-likeness (QED) is 0.617. The van der Waals surface area contributed by atoms with Crippen molar-refractivity contribution in [2.24, 2.45) is 5.92 Å². The molecule has 1 saturated heterocycles. The fraction of sp³-hybridized carbons (Fsp3) is 0.667. The molecule has 0 bridgehead atoms. The first-order valence-corrected chi connectivity index (χ1v) is 10.0. The minimum absolute atomic E-state index is 0. The van der Waals surface area contributed by atoms with E-state index < -0.39 is 0 Å². The van der Waals surface area contributed by atoms with Gasteiger partial charge >= 0.3 is 0 Å². The van der Waals surface area contributed by atoms with Crippen LogP contribution in [0.4, 0.5) is 0 Å². The van der Waals surface area contributed by atoms with Gasteiger partial charge in [-0.3, -0.25) is 9.69 Å². The van der Waals surface area contributed by atoms with Gasteiger partial charge in [0, 0.05) is 0 Å². The number of hydrogen-bond acceptors (Lipinski definition) is 5. The van der Waals surface area contributed by atoms with Gasteiger partial charge in [0.1, 0.15) is 0 Å². The molecule has 160 valence electrons. The molecule has 2 rings (SSSR count). The lowest BCUT2D eigenvalue weighted by molar-refractivity contribution is -0.123. The van der Waals surface area contributed by atoms with E-state index in [2.05, 4.69) is 15.5 Å². The molecule has 0 radical (unpaired) electrons. The number of nitrogens with zero attached hydrogens (tertiary/aromatic N) is 1. The minimum atomic E-state index is -0.0738. The van der Waals surface area contributed by atoms with Crippen LogP contribution in [0.25, 0.3) is 0 Å². The fourth-order valence-corrected chi connectivity index (χ4v) is 3.58. The number of rotatable bonds is 10. The summed E-state index contributed by atoms with van der Waals surface area (Å²) in [6.45, 7) is 8.09. The molecule has 1 atom stereocenters. The van der Waals surface area contributed by atoms with Crippen molar-refractivity contribution in [3.63, 3.8) is 0 Å². The van der Waals surface area contributed by atoms with Crippen molar-refractivity contribution in [2.75, 3.05) is 46.9 Å². The van der Waals surface area contributed by atoms with Crippen LogP contribution in [-0.4, -0.2) is 57.8 Å². The topological polar surface area (TPSA) is 62.8 Å². The van der Waals surface area contributed by atoms with E-state index in [4.69, 9.17) is 9.47 Å². The Labute approximate surface area is 175 Å². The number of methoxy groups -OCH3 is 1. The Hall–Kier alpha value is -1.50. The van der Waals surface area contributed by atoms with E-state index in [0.717, 1.165) is 36.9 Å². The van der Waals surface area contributed by atoms with Crippen molar-refractivity contribution in [1.82, 2.24) is 15.5 Å². The molecular formula is C21H36ClN3O3. The molecule has 0 aromatic heterocycles. The van der Waals surface area contributed by atoms with Crippen molar-refractivity contribution in [2.45, 2.75) is 39.2 Å². The zero-order chi connectivity index (χ0) is 19.6. The van der Waals surface area contributed by atoms with Gasteiger partial charge in [-0.25, -0.2) is 0 Å². The van der Waals surface area contributed by atoms with Gasteiger partial charge in [0.15, 0.2) is 11.5 Å². The highest BCUT2D eigenvalue weighted by atomic mass is 35.5. The third-order valence-electron chi connectivity index (χ3n) is 5.24. The predicted octanol–water partition coefficient (Wildman–Crippen LogP) is 3.01. The van der Waals surface area contributed by atoms with E-state index >= 15 is 0 Å². The number of ether oxygens (including phenoxy) is 2. The van der Waals surface area contributed by atoms with Crippen molar-refractivity contribution in [1.29, 1.82) is 0 Å². The summed E-state index contributed by atoms with van der Waals surface area (Å²) in [4.78, 5) is 14.7. The van der Waals surface area contributed by atoms with E-state index in [1.165, 1.54) is 19.3 Å². The van der Waals surface area contributed by atoms with Crippen LogP contribution in [0.15, 0.2) is 18.2 Å². The minimum Gasteiger partial charge on any atom is -0.493 e. The van der Waals surface area contributed by atoms with Crippen LogP contribution >= 0.6 is 12.4 Å². The van der Waals surface area contributed by atoms with E-state index in [1.54, 1.807) is 7.11 Å². The molecule has 1 aliphatic rings. The van der Waals surface area contributed by atoms with E-state index in [-0.39, 0.29) is 24.4 Å². The van der Waals surface area contributed by atoms with Crippen molar-refractivity contribution >= 4 is 18.3 Å². The third-order valence-corrected chi connectivity index (χ3v) is 5.24. The molecule has 0 spiro atoms. The molecule has 6 nitrogen and oxygen atoms in total. The summed E-state index contributed by atoms with van der Waals surface area (Å²) in [5.41, 5.74) is 1.01. The Morgan fingerprint density at radius 3 is 2.61 bits per heavy atom. The number of benzene rings is 1. The molecule has 1 aromatic rings. The lowest BCUT2D eigenvalue weighted by atomic mass is 9.93. The smallest absolute Gasteiger partial charge is 0.234 e. The average Bonchev–Trinajstić information content (AvgIpc) is 2.67. The molecule has 1 aliphatic heterocycles. The summed E-state index contributed by atoms with van der Waals surface area (Å²) in [5.74, 6) is 2.28. The number of nitrogens with one attached hydrogen (secondary N) is 2. The highest BCUT2D eigenvalue weighted by molar-refractivity contribution is 5.85. The second kappa shape index (κ2) is 12.9. The van der Waals surface area contributed by atoms with Gasteiger partial charge in [0.25, 0.3) is 0 Å². The lowest BCUT2D eigenvalue weighted by Gasteiger charge is -2.31. The molecule has 1 fully saturated rings. The normalized spacial score (nSPS) is 16.1. The summed E-state index contributed by atoms with van der Waals surface area (Å²) in [7, 11) is 3.63. The highest BCUT2D eigenvalue weighted by Gasteiger charge is 2.21. The van der Waals surface area contributed by atoms with Gasteiger partial charge in [0.2, 0.25) is 5.91 Å².